The van der Waals surface area contributed by atoms with Crippen LogP contribution in [0.25, 0.3) is 0 Å². The average molecular weight is 227 g/mol. The number of halogens is 4. The average Bonchev–Trinajstić information content (AvgIpc) is 2.07. The van der Waals surface area contributed by atoms with Gasteiger partial charge in [0, 0.05) is 6.20 Å². The summed E-state index contributed by atoms with van der Waals surface area (Å²) in [4.78, 5) is 7.68. The quantitative estimate of drug-likeness (QED) is 0.786. The van der Waals surface area contributed by atoms with Crippen LogP contribution in [0, 0.1) is 0 Å². The van der Waals surface area contributed by atoms with Crippen molar-refractivity contribution in [2.24, 2.45) is 5.90 Å². The number of hydrogen-bond acceptors (Lipinski definition) is 3. The monoisotopic (exact) mass is 226 g/mol. The van der Waals surface area contributed by atoms with E-state index < -0.39 is 11.7 Å². The highest BCUT2D eigenvalue weighted by Gasteiger charge is 2.31. The zero-order valence-corrected chi connectivity index (χ0v) is 7.56. The molecular weight excluding hydrogens is 221 g/mol. The molecule has 0 amide bonds. The summed E-state index contributed by atoms with van der Waals surface area (Å²) in [5.41, 5.74) is -0.731. The largest absolute Gasteiger partial charge is 0.417 e. The van der Waals surface area contributed by atoms with Gasteiger partial charge in [-0.3, -0.25) is 9.82 Å². The molecule has 0 aromatic carbocycles. The fourth-order valence-electron chi connectivity index (χ4n) is 0.806. The third-order valence-electron chi connectivity index (χ3n) is 1.46. The Kier molecular flexibility index (Phi) is 3.30. The van der Waals surface area contributed by atoms with Gasteiger partial charge in [0.15, 0.2) is 0 Å². The van der Waals surface area contributed by atoms with Gasteiger partial charge in [0.1, 0.15) is 6.61 Å². The number of pyridine rings is 1. The Morgan fingerprint density at radius 2 is 2.14 bits per heavy atom. The molecule has 0 aliphatic rings. The second-order valence-corrected chi connectivity index (χ2v) is 2.87. The van der Waals surface area contributed by atoms with Crippen LogP contribution in [0.1, 0.15) is 11.3 Å². The first kappa shape index (κ1) is 11.2. The Labute approximate surface area is 82.6 Å². The molecule has 0 atom stereocenters. The maximum atomic E-state index is 12.1. The van der Waals surface area contributed by atoms with Gasteiger partial charge in [-0.15, -0.1) is 0 Å². The first-order valence-electron chi connectivity index (χ1n) is 3.48. The fourth-order valence-corrected chi connectivity index (χ4v) is 1.03. The van der Waals surface area contributed by atoms with Crippen LogP contribution in [0.2, 0.25) is 5.02 Å². The van der Waals surface area contributed by atoms with Gasteiger partial charge in [-0.25, -0.2) is 5.90 Å². The molecule has 7 heteroatoms. The predicted octanol–water partition coefficient (Wildman–Crippen LogP) is 2.14. The number of nitrogens with two attached hydrogens (primary N) is 1. The predicted molar refractivity (Wildman–Crippen MR) is 43.2 cm³/mol. The van der Waals surface area contributed by atoms with Crippen LogP contribution >= 0.6 is 11.6 Å². The van der Waals surface area contributed by atoms with Crippen molar-refractivity contribution in [3.8, 4) is 0 Å². The molecule has 78 valence electrons. The van der Waals surface area contributed by atoms with E-state index in [0.717, 1.165) is 6.07 Å². The first-order valence-corrected chi connectivity index (χ1v) is 3.86. The Balaban J connectivity index is 3.01. The van der Waals surface area contributed by atoms with E-state index in [0.29, 0.717) is 6.20 Å². The minimum atomic E-state index is -4.45. The van der Waals surface area contributed by atoms with E-state index in [4.69, 9.17) is 17.5 Å². The van der Waals surface area contributed by atoms with E-state index in [2.05, 4.69) is 9.82 Å². The smallest absolute Gasteiger partial charge is 0.298 e. The molecular formula is C7H6ClF3N2O. The lowest BCUT2D eigenvalue weighted by atomic mass is 10.2. The third kappa shape index (κ3) is 2.57. The second kappa shape index (κ2) is 4.12. The Morgan fingerprint density at radius 3 is 2.57 bits per heavy atom. The van der Waals surface area contributed by atoms with Crippen molar-refractivity contribution < 1.29 is 18.0 Å². The molecule has 0 spiro atoms. The summed E-state index contributed by atoms with van der Waals surface area (Å²) in [6.07, 6.45) is -3.76. The lowest BCUT2D eigenvalue weighted by Crippen LogP contribution is -2.08. The Morgan fingerprint density at radius 1 is 1.50 bits per heavy atom. The molecule has 0 fully saturated rings. The molecule has 1 aromatic rings. The van der Waals surface area contributed by atoms with Gasteiger partial charge in [-0.2, -0.15) is 13.2 Å². The molecule has 0 aliphatic heterocycles. The van der Waals surface area contributed by atoms with Crippen LogP contribution in [-0.4, -0.2) is 4.98 Å². The van der Waals surface area contributed by atoms with Gasteiger partial charge in [-0.05, 0) is 6.07 Å². The van der Waals surface area contributed by atoms with Gasteiger partial charge in [0.2, 0.25) is 0 Å². The topological polar surface area (TPSA) is 48.1 Å². The van der Waals surface area contributed by atoms with Crippen molar-refractivity contribution in [1.29, 1.82) is 0 Å². The van der Waals surface area contributed by atoms with Crippen molar-refractivity contribution in [3.05, 3.63) is 28.5 Å². The molecule has 0 radical (unpaired) electrons. The highest BCUT2D eigenvalue weighted by atomic mass is 35.5. The normalized spacial score (nSPS) is 11.8. The number of alkyl halides is 3. The maximum absolute atomic E-state index is 12.1. The van der Waals surface area contributed by atoms with Crippen molar-refractivity contribution in [3.63, 3.8) is 0 Å². The number of aromatic nitrogens is 1. The van der Waals surface area contributed by atoms with E-state index in [1.807, 2.05) is 0 Å². The standard InChI is InChI=1S/C7H6ClF3N2O/c8-5-1-4(7(9,10)11)2-13-6(5)3-14-12/h1-2H,3,12H2. The SMILES string of the molecule is NOCc1ncc(C(F)(F)F)cc1Cl. The van der Waals surface area contributed by atoms with Crippen molar-refractivity contribution in [2.45, 2.75) is 12.8 Å². The minimum Gasteiger partial charge on any atom is -0.298 e. The molecule has 1 rings (SSSR count). The van der Waals surface area contributed by atoms with Gasteiger partial charge in [0.25, 0.3) is 0 Å². The third-order valence-corrected chi connectivity index (χ3v) is 1.79. The summed E-state index contributed by atoms with van der Waals surface area (Å²) in [6.45, 7) is -0.128. The molecule has 0 saturated heterocycles. The van der Waals surface area contributed by atoms with Crippen molar-refractivity contribution >= 4 is 11.6 Å². The van der Waals surface area contributed by atoms with E-state index in [-0.39, 0.29) is 17.3 Å². The van der Waals surface area contributed by atoms with Crippen LogP contribution in [0.5, 0.6) is 0 Å². The molecule has 0 aliphatic carbocycles. The summed E-state index contributed by atoms with van der Waals surface area (Å²) >= 11 is 5.52. The summed E-state index contributed by atoms with van der Waals surface area (Å²) in [5, 5.41) is -0.120. The second-order valence-electron chi connectivity index (χ2n) is 2.46. The van der Waals surface area contributed by atoms with Crippen molar-refractivity contribution in [2.75, 3.05) is 0 Å². The highest BCUT2D eigenvalue weighted by molar-refractivity contribution is 6.31. The number of hydrogen-bond donors (Lipinski definition) is 1. The van der Waals surface area contributed by atoms with Gasteiger partial charge >= 0.3 is 6.18 Å². The molecule has 1 heterocycles. The van der Waals surface area contributed by atoms with Crippen molar-refractivity contribution in [1.82, 2.24) is 4.98 Å². The van der Waals surface area contributed by atoms with Crippen LogP contribution in [0.15, 0.2) is 12.3 Å². The summed E-state index contributed by atoms with van der Waals surface area (Å²) in [5.74, 6) is 4.73. The first-order chi connectivity index (χ1) is 6.45. The van der Waals surface area contributed by atoms with E-state index in [9.17, 15) is 13.2 Å². The van der Waals surface area contributed by atoms with Gasteiger partial charge in [-0.1, -0.05) is 11.6 Å². The molecule has 3 nitrogen and oxygen atoms in total. The fraction of sp³-hybridized carbons (Fsp3) is 0.286. The molecule has 0 unspecified atom stereocenters. The summed E-state index contributed by atoms with van der Waals surface area (Å²) in [7, 11) is 0. The van der Waals surface area contributed by atoms with E-state index >= 15 is 0 Å². The lowest BCUT2D eigenvalue weighted by Gasteiger charge is -2.08. The number of nitrogens with zero attached hydrogens (tertiary/aromatic N) is 1. The molecule has 14 heavy (non-hydrogen) atoms. The molecule has 1 aromatic heterocycles. The number of rotatable bonds is 2. The molecule has 0 saturated carbocycles. The Bertz CT molecular complexity index is 329. The van der Waals surface area contributed by atoms with Crippen LogP contribution < -0.4 is 5.90 Å². The molecule has 0 bridgehead atoms. The van der Waals surface area contributed by atoms with E-state index in [1.165, 1.54) is 0 Å². The van der Waals surface area contributed by atoms with Gasteiger partial charge in [0.05, 0.1) is 16.3 Å². The maximum Gasteiger partial charge on any atom is 0.417 e. The summed E-state index contributed by atoms with van der Waals surface area (Å²) in [6, 6.07) is 0.781. The van der Waals surface area contributed by atoms with Gasteiger partial charge < -0.3 is 0 Å². The van der Waals surface area contributed by atoms with Crippen LogP contribution in [0.4, 0.5) is 13.2 Å². The highest BCUT2D eigenvalue weighted by Crippen LogP contribution is 2.30. The zero-order valence-electron chi connectivity index (χ0n) is 6.81. The Hall–Kier alpha value is -0.850. The molecule has 2 N–H and O–H groups in total. The van der Waals surface area contributed by atoms with Crippen LogP contribution in [-0.2, 0) is 17.6 Å². The van der Waals surface area contributed by atoms with Crippen LogP contribution in [0.3, 0.4) is 0 Å². The van der Waals surface area contributed by atoms with E-state index in [1.54, 1.807) is 0 Å². The zero-order chi connectivity index (χ0) is 10.8. The lowest BCUT2D eigenvalue weighted by molar-refractivity contribution is -0.137. The minimum absolute atomic E-state index is 0.120. The summed E-state index contributed by atoms with van der Waals surface area (Å²) < 4.78 is 36.4.